The minimum atomic E-state index is -0.863. The van der Waals surface area contributed by atoms with Crippen molar-refractivity contribution in [3.63, 3.8) is 0 Å². The lowest BCUT2D eigenvalue weighted by molar-refractivity contribution is -0.132. The molecule has 5 heteroatoms. The Bertz CT molecular complexity index is 726. The third-order valence-corrected chi connectivity index (χ3v) is 5.78. The molecule has 2 amide bonds. The van der Waals surface area contributed by atoms with Gasteiger partial charge in [-0.3, -0.25) is 4.79 Å². The van der Waals surface area contributed by atoms with E-state index in [2.05, 4.69) is 23.1 Å². The molecular weight excluding hydrogens is 316 g/mol. The van der Waals surface area contributed by atoms with Crippen molar-refractivity contribution in [2.75, 3.05) is 6.54 Å². The molecule has 0 bridgehead atoms. The number of piperidine rings is 1. The van der Waals surface area contributed by atoms with Crippen molar-refractivity contribution in [2.45, 2.75) is 56.7 Å². The average molecular weight is 340 g/mol. The predicted octanol–water partition coefficient (Wildman–Crippen LogP) is 3.06. The van der Waals surface area contributed by atoms with Gasteiger partial charge in [0, 0.05) is 30.6 Å². The highest BCUT2D eigenvalue weighted by atomic mass is 16.4. The van der Waals surface area contributed by atoms with Gasteiger partial charge < -0.3 is 14.9 Å². The van der Waals surface area contributed by atoms with Gasteiger partial charge in [-0.25, -0.2) is 4.79 Å². The van der Waals surface area contributed by atoms with Crippen molar-refractivity contribution in [1.82, 2.24) is 9.80 Å². The van der Waals surface area contributed by atoms with Gasteiger partial charge in [0.1, 0.15) is 0 Å². The minimum absolute atomic E-state index is 0.0763. The molecule has 2 heterocycles. The summed E-state index contributed by atoms with van der Waals surface area (Å²) in [5.74, 6) is 0.155. The second-order valence-electron chi connectivity index (χ2n) is 7.62. The van der Waals surface area contributed by atoms with Gasteiger partial charge in [-0.2, -0.15) is 0 Å². The maximum Gasteiger partial charge on any atom is 0.407 e. The van der Waals surface area contributed by atoms with E-state index in [4.69, 9.17) is 0 Å². The molecule has 132 valence electrons. The number of hydrogen-bond donors (Lipinski definition) is 1. The number of carboxylic acid groups (broad SMARTS) is 1. The quantitative estimate of drug-likeness (QED) is 0.920. The molecule has 1 aliphatic carbocycles. The van der Waals surface area contributed by atoms with Gasteiger partial charge in [0.05, 0.1) is 5.54 Å². The molecule has 1 saturated heterocycles. The molecule has 1 aromatic carbocycles. The number of hydrogen-bond acceptors (Lipinski definition) is 2. The van der Waals surface area contributed by atoms with Gasteiger partial charge in [0.15, 0.2) is 0 Å². The summed E-state index contributed by atoms with van der Waals surface area (Å²) in [5.41, 5.74) is 1.72. The van der Waals surface area contributed by atoms with Crippen molar-refractivity contribution in [1.29, 1.82) is 0 Å². The molecule has 2 atom stereocenters. The van der Waals surface area contributed by atoms with E-state index in [1.807, 2.05) is 25.1 Å². The van der Waals surface area contributed by atoms with Crippen molar-refractivity contribution in [3.8, 4) is 0 Å². The zero-order valence-corrected chi connectivity index (χ0v) is 14.5. The highest BCUT2D eigenvalue weighted by Crippen LogP contribution is 2.46. The smallest absolute Gasteiger partial charge is 0.407 e. The van der Waals surface area contributed by atoms with Crippen LogP contribution in [0.3, 0.4) is 0 Å². The van der Waals surface area contributed by atoms with Crippen LogP contribution in [0, 0.1) is 0 Å². The fourth-order valence-corrected chi connectivity index (χ4v) is 4.51. The first-order chi connectivity index (χ1) is 12.0. The van der Waals surface area contributed by atoms with Crippen LogP contribution in [0.1, 0.15) is 38.2 Å². The zero-order chi connectivity index (χ0) is 17.6. The molecule has 2 fully saturated rings. The predicted molar refractivity (Wildman–Crippen MR) is 94.3 cm³/mol. The Morgan fingerprint density at radius 3 is 2.60 bits per heavy atom. The van der Waals surface area contributed by atoms with Crippen LogP contribution >= 0.6 is 0 Å². The van der Waals surface area contributed by atoms with E-state index < -0.39 is 6.09 Å². The van der Waals surface area contributed by atoms with Crippen LogP contribution in [0.2, 0.25) is 0 Å². The Morgan fingerprint density at radius 2 is 2.00 bits per heavy atom. The molecule has 0 radical (unpaired) electrons. The lowest BCUT2D eigenvalue weighted by Crippen LogP contribution is -2.57. The molecule has 0 unspecified atom stereocenters. The number of benzene rings is 1. The van der Waals surface area contributed by atoms with Gasteiger partial charge in [-0.05, 0) is 44.2 Å². The van der Waals surface area contributed by atoms with E-state index in [0.717, 1.165) is 24.0 Å². The lowest BCUT2D eigenvalue weighted by Gasteiger charge is -2.47. The molecule has 3 aliphatic rings. The summed E-state index contributed by atoms with van der Waals surface area (Å²) in [4.78, 5) is 28.1. The van der Waals surface area contributed by atoms with E-state index in [1.54, 1.807) is 0 Å². The van der Waals surface area contributed by atoms with Gasteiger partial charge in [0.2, 0.25) is 0 Å². The maximum atomic E-state index is 13.1. The zero-order valence-electron chi connectivity index (χ0n) is 14.5. The van der Waals surface area contributed by atoms with E-state index in [9.17, 15) is 14.7 Å². The van der Waals surface area contributed by atoms with E-state index in [1.165, 1.54) is 4.90 Å². The molecule has 5 nitrogen and oxygen atoms in total. The Labute approximate surface area is 147 Å². The van der Waals surface area contributed by atoms with Crippen molar-refractivity contribution < 1.29 is 14.7 Å². The van der Waals surface area contributed by atoms with Crippen LogP contribution in [0.25, 0.3) is 0 Å². The lowest BCUT2D eigenvalue weighted by atomic mass is 9.82. The Hall–Kier alpha value is -2.30. The second kappa shape index (κ2) is 5.90. The Kier molecular flexibility index (Phi) is 3.82. The number of likely N-dealkylation sites (tertiary alicyclic amines) is 1. The summed E-state index contributed by atoms with van der Waals surface area (Å²) in [6, 6.07) is 10.3. The summed E-state index contributed by atoms with van der Waals surface area (Å²) in [6.07, 6.45) is 5.48. The van der Waals surface area contributed by atoms with Gasteiger partial charge >= 0.3 is 6.09 Å². The molecule has 1 spiro atoms. The molecule has 1 aromatic rings. The van der Waals surface area contributed by atoms with Crippen LogP contribution < -0.4 is 0 Å². The van der Waals surface area contributed by atoms with Gasteiger partial charge in [0.25, 0.3) is 5.91 Å². The average Bonchev–Trinajstić information content (AvgIpc) is 3.36. The van der Waals surface area contributed by atoms with E-state index >= 15 is 0 Å². The number of nitrogens with zero attached hydrogens (tertiary/aromatic N) is 2. The monoisotopic (exact) mass is 340 g/mol. The first-order valence-electron chi connectivity index (χ1n) is 9.09. The first-order valence-corrected chi connectivity index (χ1v) is 9.09. The molecule has 4 rings (SSSR count). The minimum Gasteiger partial charge on any atom is -0.465 e. The third-order valence-electron chi connectivity index (χ3n) is 5.78. The summed E-state index contributed by atoms with van der Waals surface area (Å²) in [6.45, 7) is 2.44. The molecule has 1 N–H and O–H groups in total. The fourth-order valence-electron chi connectivity index (χ4n) is 4.51. The van der Waals surface area contributed by atoms with Crippen molar-refractivity contribution in [2.24, 2.45) is 0 Å². The molecule has 25 heavy (non-hydrogen) atoms. The number of amides is 2. The number of rotatable bonds is 3. The van der Waals surface area contributed by atoms with Crippen LogP contribution in [-0.2, 0) is 11.2 Å². The second-order valence-corrected chi connectivity index (χ2v) is 7.62. The number of carbonyl (C=O) groups is 2. The standard InChI is InChI=1S/C20H24N2O3/c1-14-12-20(9-10-21(14)19(24)25)13-16(11-15-5-3-2-4-6-15)18(23)22(20)17-7-8-17/h2-6,13-14,17H,7-12H2,1H3,(H,24,25)/t14-,20-/m0/s1. The number of carbonyl (C=O) groups excluding carboxylic acids is 1. The van der Waals surface area contributed by atoms with Crippen LogP contribution in [-0.4, -0.2) is 51.1 Å². The highest BCUT2D eigenvalue weighted by Gasteiger charge is 2.53. The first kappa shape index (κ1) is 16.2. The van der Waals surface area contributed by atoms with Gasteiger partial charge in [-0.1, -0.05) is 30.3 Å². The normalized spacial score (nSPS) is 29.2. The summed E-state index contributed by atoms with van der Waals surface area (Å²) < 4.78 is 0. The molecule has 0 aromatic heterocycles. The van der Waals surface area contributed by atoms with E-state index in [0.29, 0.717) is 31.8 Å². The molecular formula is C20H24N2O3. The van der Waals surface area contributed by atoms with Gasteiger partial charge in [-0.15, -0.1) is 0 Å². The van der Waals surface area contributed by atoms with Crippen LogP contribution in [0.4, 0.5) is 4.79 Å². The van der Waals surface area contributed by atoms with E-state index in [-0.39, 0.29) is 17.5 Å². The van der Waals surface area contributed by atoms with Crippen molar-refractivity contribution >= 4 is 12.0 Å². The molecule has 1 saturated carbocycles. The Morgan fingerprint density at radius 1 is 1.28 bits per heavy atom. The van der Waals surface area contributed by atoms with Crippen molar-refractivity contribution in [3.05, 3.63) is 47.5 Å². The fraction of sp³-hybridized carbons (Fsp3) is 0.500. The molecule has 2 aliphatic heterocycles. The summed E-state index contributed by atoms with van der Waals surface area (Å²) in [5, 5.41) is 9.36. The Balaban J connectivity index is 1.63. The highest BCUT2D eigenvalue weighted by molar-refractivity contribution is 5.98. The summed E-state index contributed by atoms with van der Waals surface area (Å²) >= 11 is 0. The third kappa shape index (κ3) is 2.81. The SMILES string of the molecule is C[C@H]1C[C@]2(C=C(Cc3ccccc3)C(=O)N2C2CC2)CCN1C(=O)O. The maximum absolute atomic E-state index is 13.1. The van der Waals surface area contributed by atoms with Crippen LogP contribution in [0.5, 0.6) is 0 Å². The topological polar surface area (TPSA) is 60.9 Å². The largest absolute Gasteiger partial charge is 0.465 e. The summed E-state index contributed by atoms with van der Waals surface area (Å²) in [7, 11) is 0. The van der Waals surface area contributed by atoms with Crippen LogP contribution in [0.15, 0.2) is 42.0 Å².